The standard InChI is InChI=1S/C9H7BrF4O3/c10-5-1-2-17-7(5)6(15)3-16-4-9(13,14)8(11)12/h1-2,8H,3-4H2. The molecule has 0 saturated heterocycles. The largest absolute Gasteiger partial charge is 0.460 e. The summed E-state index contributed by atoms with van der Waals surface area (Å²) in [4.78, 5) is 11.3. The van der Waals surface area contributed by atoms with Gasteiger partial charge in [0, 0.05) is 0 Å². The van der Waals surface area contributed by atoms with E-state index >= 15 is 0 Å². The summed E-state index contributed by atoms with van der Waals surface area (Å²) in [5.74, 6) is -5.09. The molecule has 0 amide bonds. The van der Waals surface area contributed by atoms with Crippen molar-refractivity contribution >= 4 is 21.7 Å². The molecule has 0 aromatic carbocycles. The fourth-order valence-electron chi connectivity index (χ4n) is 0.901. The molecule has 1 aromatic rings. The third kappa shape index (κ3) is 3.81. The highest BCUT2D eigenvalue weighted by Gasteiger charge is 2.41. The molecule has 0 bridgehead atoms. The molecule has 0 N–H and O–H groups in total. The fraction of sp³-hybridized carbons (Fsp3) is 0.444. The number of hydrogen-bond acceptors (Lipinski definition) is 3. The zero-order chi connectivity index (χ0) is 13.1. The smallest absolute Gasteiger partial charge is 0.330 e. The summed E-state index contributed by atoms with van der Waals surface area (Å²) in [5.41, 5.74) is 0. The van der Waals surface area contributed by atoms with Crippen LogP contribution in [0.4, 0.5) is 17.6 Å². The Morgan fingerprint density at radius 1 is 1.53 bits per heavy atom. The monoisotopic (exact) mass is 318 g/mol. The molecule has 0 unspecified atom stereocenters. The number of ketones is 1. The van der Waals surface area contributed by atoms with Crippen molar-refractivity contribution in [3.05, 3.63) is 22.6 Å². The van der Waals surface area contributed by atoms with Crippen LogP contribution < -0.4 is 0 Å². The number of carbonyl (C=O) groups excluding carboxylic acids is 1. The molecule has 0 aliphatic heterocycles. The molecule has 0 spiro atoms. The number of alkyl halides is 4. The normalized spacial score (nSPS) is 12.1. The van der Waals surface area contributed by atoms with Crippen LogP contribution in [0.1, 0.15) is 10.6 Å². The Labute approximate surface area is 102 Å². The number of halogens is 5. The van der Waals surface area contributed by atoms with Gasteiger partial charge in [-0.2, -0.15) is 8.78 Å². The van der Waals surface area contributed by atoms with Crippen molar-refractivity contribution in [2.24, 2.45) is 0 Å². The predicted molar refractivity (Wildman–Crippen MR) is 52.5 cm³/mol. The molecule has 3 nitrogen and oxygen atoms in total. The highest BCUT2D eigenvalue weighted by Crippen LogP contribution is 2.23. The third-order valence-electron chi connectivity index (χ3n) is 1.72. The van der Waals surface area contributed by atoms with Gasteiger partial charge in [0.2, 0.25) is 5.78 Å². The van der Waals surface area contributed by atoms with Gasteiger partial charge in [-0.15, -0.1) is 0 Å². The van der Waals surface area contributed by atoms with Gasteiger partial charge in [0.1, 0.15) is 13.2 Å². The summed E-state index contributed by atoms with van der Waals surface area (Å²) >= 11 is 2.98. The molecule has 1 heterocycles. The molecular weight excluding hydrogens is 312 g/mol. The van der Waals surface area contributed by atoms with Gasteiger partial charge in [-0.05, 0) is 22.0 Å². The first-order valence-corrected chi connectivity index (χ1v) is 5.14. The molecule has 0 radical (unpaired) electrons. The highest BCUT2D eigenvalue weighted by molar-refractivity contribution is 9.10. The van der Waals surface area contributed by atoms with Gasteiger partial charge in [-0.1, -0.05) is 0 Å². The van der Waals surface area contributed by atoms with E-state index in [2.05, 4.69) is 20.7 Å². The molecule has 1 aromatic heterocycles. The van der Waals surface area contributed by atoms with E-state index in [1.807, 2.05) is 0 Å². The van der Waals surface area contributed by atoms with Crippen molar-refractivity contribution < 1.29 is 31.5 Å². The maximum absolute atomic E-state index is 12.4. The van der Waals surface area contributed by atoms with Crippen molar-refractivity contribution in [3.8, 4) is 0 Å². The summed E-state index contributed by atoms with van der Waals surface area (Å²) in [5, 5.41) is 0. The minimum absolute atomic E-state index is 0.106. The molecule has 0 aliphatic rings. The van der Waals surface area contributed by atoms with E-state index in [0.29, 0.717) is 4.47 Å². The molecule has 96 valence electrons. The molecule has 17 heavy (non-hydrogen) atoms. The van der Waals surface area contributed by atoms with Crippen molar-refractivity contribution in [2.45, 2.75) is 12.3 Å². The molecular formula is C9H7BrF4O3. The molecule has 0 atom stereocenters. The van der Waals surface area contributed by atoms with E-state index in [0.717, 1.165) is 0 Å². The average molecular weight is 319 g/mol. The Morgan fingerprint density at radius 2 is 2.18 bits per heavy atom. The van der Waals surface area contributed by atoms with E-state index in [4.69, 9.17) is 4.42 Å². The van der Waals surface area contributed by atoms with E-state index in [-0.39, 0.29) is 5.76 Å². The van der Waals surface area contributed by atoms with Crippen LogP contribution >= 0.6 is 15.9 Å². The third-order valence-corrected chi connectivity index (χ3v) is 2.34. The Morgan fingerprint density at radius 3 is 2.65 bits per heavy atom. The summed E-state index contributed by atoms with van der Waals surface area (Å²) in [6.45, 7) is -2.27. The highest BCUT2D eigenvalue weighted by atomic mass is 79.9. The Hall–Kier alpha value is -0.890. The first-order chi connectivity index (χ1) is 7.84. The van der Waals surface area contributed by atoms with Crippen LogP contribution in [0.2, 0.25) is 0 Å². The zero-order valence-corrected chi connectivity index (χ0v) is 9.85. The molecule has 1 rings (SSSR count). The first-order valence-electron chi connectivity index (χ1n) is 4.34. The second-order valence-corrected chi connectivity index (χ2v) is 3.93. The minimum Gasteiger partial charge on any atom is -0.460 e. The van der Waals surface area contributed by atoms with Crippen LogP contribution in [0.3, 0.4) is 0 Å². The van der Waals surface area contributed by atoms with E-state index in [9.17, 15) is 22.4 Å². The van der Waals surface area contributed by atoms with Gasteiger partial charge in [0.15, 0.2) is 5.76 Å². The second-order valence-electron chi connectivity index (χ2n) is 3.08. The number of hydrogen-bond donors (Lipinski definition) is 0. The average Bonchev–Trinajstić information content (AvgIpc) is 2.63. The Kier molecular flexibility index (Phi) is 4.70. The number of furan rings is 1. The molecule has 0 fully saturated rings. The fourth-order valence-corrected chi connectivity index (χ4v) is 1.32. The zero-order valence-electron chi connectivity index (χ0n) is 8.26. The van der Waals surface area contributed by atoms with E-state index < -0.39 is 31.3 Å². The van der Waals surface area contributed by atoms with Crippen LogP contribution in [0.15, 0.2) is 21.2 Å². The van der Waals surface area contributed by atoms with Crippen LogP contribution in [0, 0.1) is 0 Å². The van der Waals surface area contributed by atoms with E-state index in [1.165, 1.54) is 12.3 Å². The summed E-state index contributed by atoms with van der Waals surface area (Å²) < 4.78 is 57.6. The summed E-state index contributed by atoms with van der Waals surface area (Å²) in [7, 11) is 0. The van der Waals surface area contributed by atoms with Crippen LogP contribution in [-0.4, -0.2) is 31.3 Å². The minimum atomic E-state index is -4.26. The second kappa shape index (κ2) is 5.63. The Bertz CT molecular complexity index is 391. The SMILES string of the molecule is O=C(COCC(F)(F)C(F)F)c1occc1Br. The number of ether oxygens (including phenoxy) is 1. The van der Waals surface area contributed by atoms with Crippen LogP contribution in [-0.2, 0) is 4.74 Å². The van der Waals surface area contributed by atoms with Gasteiger partial charge in [0.05, 0.1) is 10.7 Å². The number of rotatable bonds is 6. The quantitative estimate of drug-likeness (QED) is 0.597. The Balaban J connectivity index is 2.43. The first kappa shape index (κ1) is 14.2. The molecule has 0 saturated carbocycles. The van der Waals surface area contributed by atoms with E-state index in [1.54, 1.807) is 0 Å². The van der Waals surface area contributed by atoms with Crippen molar-refractivity contribution in [1.29, 1.82) is 0 Å². The lowest BCUT2D eigenvalue weighted by Gasteiger charge is -2.14. The van der Waals surface area contributed by atoms with Gasteiger partial charge in [0.25, 0.3) is 0 Å². The maximum Gasteiger partial charge on any atom is 0.330 e. The maximum atomic E-state index is 12.4. The lowest BCUT2D eigenvalue weighted by atomic mass is 10.3. The van der Waals surface area contributed by atoms with Crippen molar-refractivity contribution in [1.82, 2.24) is 0 Å². The summed E-state index contributed by atoms with van der Waals surface area (Å²) in [6, 6.07) is 1.43. The summed E-state index contributed by atoms with van der Waals surface area (Å²) in [6.07, 6.45) is -2.61. The topological polar surface area (TPSA) is 39.4 Å². The van der Waals surface area contributed by atoms with Gasteiger partial charge >= 0.3 is 12.3 Å². The van der Waals surface area contributed by atoms with Crippen LogP contribution in [0.25, 0.3) is 0 Å². The lowest BCUT2D eigenvalue weighted by Crippen LogP contribution is -2.33. The predicted octanol–water partition coefficient (Wildman–Crippen LogP) is 3.14. The molecule has 8 heteroatoms. The number of Topliss-reactive ketones (excluding diaryl/α,β-unsaturated/α-hetero) is 1. The van der Waals surface area contributed by atoms with Gasteiger partial charge < -0.3 is 9.15 Å². The molecule has 0 aliphatic carbocycles. The lowest BCUT2D eigenvalue weighted by molar-refractivity contribution is -0.163. The van der Waals surface area contributed by atoms with Crippen molar-refractivity contribution in [3.63, 3.8) is 0 Å². The van der Waals surface area contributed by atoms with Gasteiger partial charge in [-0.3, -0.25) is 4.79 Å². The van der Waals surface area contributed by atoms with Crippen molar-refractivity contribution in [2.75, 3.05) is 13.2 Å². The van der Waals surface area contributed by atoms with Crippen LogP contribution in [0.5, 0.6) is 0 Å². The number of carbonyl (C=O) groups is 1. The van der Waals surface area contributed by atoms with Gasteiger partial charge in [-0.25, -0.2) is 8.78 Å².